The molecule has 20 heavy (non-hydrogen) atoms. The van der Waals surface area contributed by atoms with Crippen LogP contribution in [0.1, 0.15) is 64.0 Å². The molecule has 0 radical (unpaired) electrons. The zero-order valence-electron chi connectivity index (χ0n) is 12.9. The molecule has 3 unspecified atom stereocenters. The first-order chi connectivity index (χ1) is 9.76. The SMILES string of the molecule is CCCNC(c1cccc(I)c1)C1CCCCC1CC. The van der Waals surface area contributed by atoms with E-state index in [1.165, 1.54) is 47.7 Å². The molecule has 1 N–H and O–H groups in total. The second-order valence-electron chi connectivity index (χ2n) is 6.10. The Labute approximate surface area is 138 Å². The van der Waals surface area contributed by atoms with E-state index in [-0.39, 0.29) is 0 Å². The summed E-state index contributed by atoms with van der Waals surface area (Å²) in [7, 11) is 0. The highest BCUT2D eigenvalue weighted by Crippen LogP contribution is 2.40. The standard InChI is InChI=1S/C18H28IN/c1-3-12-20-18(15-9-7-10-16(19)13-15)17-11-6-5-8-14(17)4-2/h7,9-10,13-14,17-18,20H,3-6,8,11-12H2,1-2H3. The van der Waals surface area contributed by atoms with Crippen LogP contribution in [0, 0.1) is 15.4 Å². The second-order valence-corrected chi connectivity index (χ2v) is 7.35. The second kappa shape index (κ2) is 8.38. The summed E-state index contributed by atoms with van der Waals surface area (Å²) in [6.45, 7) is 5.76. The van der Waals surface area contributed by atoms with Crippen LogP contribution in [-0.2, 0) is 0 Å². The molecule has 1 fully saturated rings. The third kappa shape index (κ3) is 4.20. The molecule has 0 spiro atoms. The van der Waals surface area contributed by atoms with Gasteiger partial charge < -0.3 is 5.32 Å². The summed E-state index contributed by atoms with van der Waals surface area (Å²) in [5.41, 5.74) is 1.50. The summed E-state index contributed by atoms with van der Waals surface area (Å²) in [4.78, 5) is 0. The van der Waals surface area contributed by atoms with E-state index in [2.05, 4.69) is 66.0 Å². The van der Waals surface area contributed by atoms with E-state index < -0.39 is 0 Å². The molecule has 0 amide bonds. The summed E-state index contributed by atoms with van der Waals surface area (Å²) in [6, 6.07) is 9.64. The smallest absolute Gasteiger partial charge is 0.0351 e. The lowest BCUT2D eigenvalue weighted by Gasteiger charge is -2.38. The van der Waals surface area contributed by atoms with Crippen LogP contribution >= 0.6 is 22.6 Å². The van der Waals surface area contributed by atoms with Crippen molar-refractivity contribution in [2.75, 3.05) is 6.54 Å². The first kappa shape index (κ1) is 16.3. The van der Waals surface area contributed by atoms with E-state index in [0.29, 0.717) is 6.04 Å². The average Bonchev–Trinajstić information content (AvgIpc) is 2.48. The number of rotatable bonds is 6. The van der Waals surface area contributed by atoms with Gasteiger partial charge >= 0.3 is 0 Å². The predicted octanol–water partition coefficient (Wildman–Crippen LogP) is 5.55. The Morgan fingerprint density at radius 2 is 2.05 bits per heavy atom. The summed E-state index contributed by atoms with van der Waals surface area (Å²) in [5.74, 6) is 1.72. The lowest BCUT2D eigenvalue weighted by Crippen LogP contribution is -2.35. The highest BCUT2D eigenvalue weighted by molar-refractivity contribution is 14.1. The number of hydrogen-bond donors (Lipinski definition) is 1. The van der Waals surface area contributed by atoms with Crippen LogP contribution in [0.2, 0.25) is 0 Å². The van der Waals surface area contributed by atoms with Crippen molar-refractivity contribution < 1.29 is 0 Å². The van der Waals surface area contributed by atoms with Crippen LogP contribution in [0.25, 0.3) is 0 Å². The van der Waals surface area contributed by atoms with Crippen molar-refractivity contribution in [1.29, 1.82) is 0 Å². The molecule has 0 bridgehead atoms. The molecule has 1 aliphatic rings. The van der Waals surface area contributed by atoms with Gasteiger partial charge in [-0.25, -0.2) is 0 Å². The summed E-state index contributed by atoms with van der Waals surface area (Å²) in [5, 5.41) is 3.84. The molecule has 1 nitrogen and oxygen atoms in total. The monoisotopic (exact) mass is 385 g/mol. The van der Waals surface area contributed by atoms with Crippen molar-refractivity contribution in [1.82, 2.24) is 5.32 Å². The maximum absolute atomic E-state index is 3.84. The average molecular weight is 385 g/mol. The molecule has 0 aliphatic heterocycles. The van der Waals surface area contributed by atoms with Gasteiger partial charge in [-0.2, -0.15) is 0 Å². The van der Waals surface area contributed by atoms with Crippen molar-refractivity contribution in [2.45, 2.75) is 58.4 Å². The first-order valence-corrected chi connectivity index (χ1v) is 9.33. The lowest BCUT2D eigenvalue weighted by atomic mass is 9.72. The molecule has 0 heterocycles. The number of benzene rings is 1. The minimum absolute atomic E-state index is 0.551. The fourth-order valence-corrected chi connectivity index (χ4v) is 4.27. The van der Waals surface area contributed by atoms with Gasteiger partial charge in [-0.15, -0.1) is 0 Å². The largest absolute Gasteiger partial charge is 0.310 e. The molecule has 2 rings (SSSR count). The van der Waals surface area contributed by atoms with Gasteiger partial charge in [-0.3, -0.25) is 0 Å². The Hall–Kier alpha value is -0.0900. The van der Waals surface area contributed by atoms with Crippen LogP contribution in [-0.4, -0.2) is 6.54 Å². The normalized spacial score (nSPS) is 24.6. The Morgan fingerprint density at radius 3 is 2.75 bits per heavy atom. The zero-order chi connectivity index (χ0) is 14.4. The summed E-state index contributed by atoms with van der Waals surface area (Å²) in [6.07, 6.45) is 8.21. The quantitative estimate of drug-likeness (QED) is 0.634. The Kier molecular flexibility index (Phi) is 6.82. The number of hydrogen-bond acceptors (Lipinski definition) is 1. The van der Waals surface area contributed by atoms with Crippen molar-refractivity contribution in [2.24, 2.45) is 11.8 Å². The molecule has 3 atom stereocenters. The fourth-order valence-electron chi connectivity index (χ4n) is 3.70. The zero-order valence-corrected chi connectivity index (χ0v) is 15.0. The number of halogens is 1. The Balaban J connectivity index is 2.21. The van der Waals surface area contributed by atoms with Gasteiger partial charge in [0.1, 0.15) is 0 Å². The molecular formula is C18H28IN. The van der Waals surface area contributed by atoms with Crippen LogP contribution in [0.4, 0.5) is 0 Å². The topological polar surface area (TPSA) is 12.0 Å². The Bertz CT molecular complexity index is 404. The van der Waals surface area contributed by atoms with Crippen molar-refractivity contribution in [3.05, 3.63) is 33.4 Å². The third-order valence-corrected chi connectivity index (χ3v) is 5.41. The van der Waals surface area contributed by atoms with Crippen molar-refractivity contribution in [3.8, 4) is 0 Å². The summed E-state index contributed by atoms with van der Waals surface area (Å²) < 4.78 is 1.35. The highest BCUT2D eigenvalue weighted by Gasteiger charge is 2.31. The van der Waals surface area contributed by atoms with E-state index >= 15 is 0 Å². The highest BCUT2D eigenvalue weighted by atomic mass is 127. The molecule has 2 heteroatoms. The molecule has 112 valence electrons. The van der Waals surface area contributed by atoms with E-state index in [9.17, 15) is 0 Å². The number of nitrogens with one attached hydrogen (secondary N) is 1. The van der Waals surface area contributed by atoms with Gasteiger partial charge in [0.2, 0.25) is 0 Å². The van der Waals surface area contributed by atoms with Crippen molar-refractivity contribution in [3.63, 3.8) is 0 Å². The van der Waals surface area contributed by atoms with E-state index in [1.54, 1.807) is 0 Å². The minimum Gasteiger partial charge on any atom is -0.310 e. The molecule has 0 saturated heterocycles. The maximum Gasteiger partial charge on any atom is 0.0351 e. The van der Waals surface area contributed by atoms with E-state index in [4.69, 9.17) is 0 Å². The van der Waals surface area contributed by atoms with Crippen LogP contribution in [0.3, 0.4) is 0 Å². The predicted molar refractivity (Wildman–Crippen MR) is 95.9 cm³/mol. The Morgan fingerprint density at radius 1 is 1.25 bits per heavy atom. The maximum atomic E-state index is 3.84. The van der Waals surface area contributed by atoms with E-state index in [1.807, 2.05) is 0 Å². The van der Waals surface area contributed by atoms with E-state index in [0.717, 1.165) is 18.4 Å². The molecule has 0 aromatic heterocycles. The van der Waals surface area contributed by atoms with Crippen LogP contribution in [0.5, 0.6) is 0 Å². The fraction of sp³-hybridized carbons (Fsp3) is 0.667. The van der Waals surface area contributed by atoms with Gasteiger partial charge in [0, 0.05) is 9.61 Å². The molecular weight excluding hydrogens is 357 g/mol. The molecule has 1 aliphatic carbocycles. The van der Waals surface area contributed by atoms with Crippen LogP contribution in [0.15, 0.2) is 24.3 Å². The van der Waals surface area contributed by atoms with Gasteiger partial charge in [0.15, 0.2) is 0 Å². The van der Waals surface area contributed by atoms with Crippen LogP contribution < -0.4 is 5.32 Å². The third-order valence-electron chi connectivity index (χ3n) is 4.74. The van der Waals surface area contributed by atoms with Gasteiger partial charge in [-0.05, 0) is 71.5 Å². The van der Waals surface area contributed by atoms with Gasteiger partial charge in [0.05, 0.1) is 0 Å². The van der Waals surface area contributed by atoms with Crippen molar-refractivity contribution >= 4 is 22.6 Å². The minimum atomic E-state index is 0.551. The molecule has 1 saturated carbocycles. The molecule has 1 aromatic carbocycles. The first-order valence-electron chi connectivity index (χ1n) is 8.25. The summed E-state index contributed by atoms with van der Waals surface area (Å²) >= 11 is 2.43. The van der Waals surface area contributed by atoms with Gasteiger partial charge in [0.25, 0.3) is 0 Å². The lowest BCUT2D eigenvalue weighted by molar-refractivity contribution is 0.175. The van der Waals surface area contributed by atoms with Gasteiger partial charge in [-0.1, -0.05) is 51.7 Å². The molecule has 1 aromatic rings.